The van der Waals surface area contributed by atoms with Gasteiger partial charge in [0.05, 0.1) is 0 Å². The molecule has 0 saturated carbocycles. The number of rotatable bonds is 2. The van der Waals surface area contributed by atoms with Gasteiger partial charge in [-0.2, -0.15) is 8.42 Å². The van der Waals surface area contributed by atoms with Crippen LogP contribution in [-0.4, -0.2) is 20.2 Å². The SMILES string of the molecule is O=C(/C=C/c1ccccc1)NNC1=NS(=O)(=O)c2ccccc21. The van der Waals surface area contributed by atoms with Crippen LogP contribution in [0.5, 0.6) is 0 Å². The van der Waals surface area contributed by atoms with Gasteiger partial charge in [0.25, 0.3) is 15.9 Å². The van der Waals surface area contributed by atoms with Crippen molar-refractivity contribution in [2.75, 3.05) is 0 Å². The Morgan fingerprint density at radius 1 is 1.00 bits per heavy atom. The van der Waals surface area contributed by atoms with Gasteiger partial charge in [-0.1, -0.05) is 42.5 Å². The molecule has 0 atom stereocenters. The van der Waals surface area contributed by atoms with E-state index in [2.05, 4.69) is 15.2 Å². The summed E-state index contributed by atoms with van der Waals surface area (Å²) in [4.78, 5) is 11.9. The van der Waals surface area contributed by atoms with Gasteiger partial charge in [-0.15, -0.1) is 4.40 Å². The number of amides is 1. The van der Waals surface area contributed by atoms with Crippen LogP contribution in [0.4, 0.5) is 0 Å². The van der Waals surface area contributed by atoms with Gasteiger partial charge in [0.2, 0.25) is 0 Å². The lowest BCUT2D eigenvalue weighted by Crippen LogP contribution is -2.40. The largest absolute Gasteiger partial charge is 0.285 e. The molecule has 0 saturated heterocycles. The van der Waals surface area contributed by atoms with Gasteiger partial charge in [0.15, 0.2) is 5.84 Å². The molecule has 1 aliphatic heterocycles. The highest BCUT2D eigenvalue weighted by atomic mass is 32.2. The molecule has 0 aliphatic carbocycles. The molecule has 1 aliphatic rings. The molecule has 6 nitrogen and oxygen atoms in total. The lowest BCUT2D eigenvalue weighted by atomic mass is 10.2. The molecule has 0 radical (unpaired) electrons. The minimum atomic E-state index is -3.70. The van der Waals surface area contributed by atoms with E-state index in [1.54, 1.807) is 24.3 Å². The number of nitrogens with zero attached hydrogens (tertiary/aromatic N) is 1. The van der Waals surface area contributed by atoms with Crippen LogP contribution in [-0.2, 0) is 14.8 Å². The van der Waals surface area contributed by atoms with E-state index < -0.39 is 15.9 Å². The van der Waals surface area contributed by atoms with Crippen LogP contribution in [0.15, 0.2) is 70.0 Å². The van der Waals surface area contributed by atoms with E-state index in [1.807, 2.05) is 30.3 Å². The summed E-state index contributed by atoms with van der Waals surface area (Å²) in [6.07, 6.45) is 3.00. The van der Waals surface area contributed by atoms with Crippen molar-refractivity contribution < 1.29 is 13.2 Å². The third-order valence-electron chi connectivity index (χ3n) is 3.16. The van der Waals surface area contributed by atoms with Crippen molar-refractivity contribution in [3.05, 3.63) is 71.8 Å². The van der Waals surface area contributed by atoms with E-state index in [-0.39, 0.29) is 10.7 Å². The molecule has 2 aromatic carbocycles. The monoisotopic (exact) mass is 327 g/mol. The first-order valence-electron chi connectivity index (χ1n) is 6.80. The number of fused-ring (bicyclic) bond motifs is 1. The molecule has 1 heterocycles. The second-order valence-corrected chi connectivity index (χ2v) is 6.34. The quantitative estimate of drug-likeness (QED) is 0.646. The average molecular weight is 327 g/mol. The minimum absolute atomic E-state index is 0.0991. The van der Waals surface area contributed by atoms with Gasteiger partial charge in [-0.05, 0) is 23.8 Å². The molecule has 2 aromatic rings. The summed E-state index contributed by atoms with van der Waals surface area (Å²) in [5, 5.41) is 0. The number of sulfonamides is 1. The first-order valence-corrected chi connectivity index (χ1v) is 8.24. The first kappa shape index (κ1) is 15.0. The van der Waals surface area contributed by atoms with Gasteiger partial charge in [-0.3, -0.25) is 15.6 Å². The second kappa shape index (κ2) is 6.05. The Kier molecular flexibility index (Phi) is 3.94. The number of hydrogen-bond acceptors (Lipinski definition) is 4. The molecular weight excluding hydrogens is 314 g/mol. The highest BCUT2D eigenvalue weighted by molar-refractivity contribution is 7.90. The number of hydrogen-bond donors (Lipinski definition) is 2. The van der Waals surface area contributed by atoms with E-state index in [0.29, 0.717) is 5.56 Å². The van der Waals surface area contributed by atoms with E-state index >= 15 is 0 Å². The molecule has 1 amide bonds. The predicted molar refractivity (Wildman–Crippen MR) is 86.9 cm³/mol. The molecule has 0 spiro atoms. The third kappa shape index (κ3) is 3.29. The normalized spacial score (nSPS) is 15.0. The van der Waals surface area contributed by atoms with E-state index in [4.69, 9.17) is 0 Å². The van der Waals surface area contributed by atoms with Gasteiger partial charge in [0, 0.05) is 11.6 Å². The van der Waals surface area contributed by atoms with Gasteiger partial charge < -0.3 is 0 Å². The van der Waals surface area contributed by atoms with Crippen LogP contribution in [0.3, 0.4) is 0 Å². The van der Waals surface area contributed by atoms with E-state index in [9.17, 15) is 13.2 Å². The zero-order chi connectivity index (χ0) is 16.3. The van der Waals surface area contributed by atoms with Crippen molar-refractivity contribution >= 4 is 27.8 Å². The fourth-order valence-corrected chi connectivity index (χ4v) is 3.27. The van der Waals surface area contributed by atoms with Gasteiger partial charge in [0.1, 0.15) is 4.90 Å². The molecule has 116 valence electrons. The summed E-state index contributed by atoms with van der Waals surface area (Å²) >= 11 is 0. The number of nitrogens with one attached hydrogen (secondary N) is 2. The van der Waals surface area contributed by atoms with Crippen LogP contribution in [0.25, 0.3) is 6.08 Å². The van der Waals surface area contributed by atoms with E-state index in [1.165, 1.54) is 12.1 Å². The smallest absolute Gasteiger partial charge is 0.280 e. The van der Waals surface area contributed by atoms with Crippen LogP contribution in [0.1, 0.15) is 11.1 Å². The Hall–Kier alpha value is -2.93. The molecule has 0 bridgehead atoms. The summed E-state index contributed by atoms with van der Waals surface area (Å²) in [7, 11) is -3.70. The van der Waals surface area contributed by atoms with Crippen LogP contribution in [0.2, 0.25) is 0 Å². The van der Waals surface area contributed by atoms with Crippen LogP contribution < -0.4 is 10.9 Å². The molecule has 2 N–H and O–H groups in total. The number of carbonyl (C=O) groups excluding carboxylic acids is 1. The second-order valence-electron chi connectivity index (χ2n) is 4.77. The molecular formula is C16H13N3O3S. The van der Waals surface area contributed by atoms with Crippen molar-refractivity contribution in [3.63, 3.8) is 0 Å². The van der Waals surface area contributed by atoms with E-state index in [0.717, 1.165) is 5.56 Å². The van der Waals surface area contributed by atoms with Crippen molar-refractivity contribution in [2.24, 2.45) is 4.40 Å². The fraction of sp³-hybridized carbons (Fsp3) is 0. The van der Waals surface area contributed by atoms with Gasteiger partial charge >= 0.3 is 0 Å². The number of benzene rings is 2. The zero-order valence-electron chi connectivity index (χ0n) is 11.9. The summed E-state index contributed by atoms with van der Waals surface area (Å²) in [6, 6.07) is 15.8. The highest BCUT2D eigenvalue weighted by Crippen LogP contribution is 2.24. The maximum Gasteiger partial charge on any atom is 0.285 e. The van der Waals surface area contributed by atoms with Crippen LogP contribution >= 0.6 is 0 Å². The lowest BCUT2D eigenvalue weighted by Gasteiger charge is -2.06. The summed E-state index contributed by atoms with van der Waals surface area (Å²) < 4.78 is 27.3. The Morgan fingerprint density at radius 3 is 2.48 bits per heavy atom. The first-order chi connectivity index (χ1) is 11.1. The molecule has 0 aromatic heterocycles. The Labute approximate surface area is 133 Å². The zero-order valence-corrected chi connectivity index (χ0v) is 12.7. The Morgan fingerprint density at radius 2 is 1.70 bits per heavy atom. The molecule has 7 heteroatoms. The van der Waals surface area contributed by atoms with Crippen LogP contribution in [0, 0.1) is 0 Å². The summed E-state index contributed by atoms with van der Waals surface area (Å²) in [6.45, 7) is 0. The summed E-state index contributed by atoms with van der Waals surface area (Å²) in [5.41, 5.74) is 6.27. The van der Waals surface area contributed by atoms with Crippen molar-refractivity contribution in [2.45, 2.75) is 4.90 Å². The fourth-order valence-electron chi connectivity index (χ4n) is 2.09. The Bertz CT molecular complexity index is 903. The predicted octanol–water partition coefficient (Wildman–Crippen LogP) is 1.47. The Balaban J connectivity index is 1.68. The maximum absolute atomic E-state index is 11.9. The highest BCUT2D eigenvalue weighted by Gasteiger charge is 2.28. The minimum Gasteiger partial charge on any atom is -0.280 e. The topological polar surface area (TPSA) is 87.6 Å². The standard InChI is InChI=1S/C16H13N3O3S/c20-15(11-10-12-6-2-1-3-7-12)17-18-16-13-8-4-5-9-14(13)23(21,22)19-16/h1-11H,(H,17,20)(H,18,19)/b11-10+. The van der Waals surface area contributed by atoms with Gasteiger partial charge in [-0.25, -0.2) is 0 Å². The maximum atomic E-state index is 11.9. The molecule has 0 unspecified atom stereocenters. The average Bonchev–Trinajstić information content (AvgIpc) is 2.83. The third-order valence-corrected chi connectivity index (χ3v) is 4.50. The van der Waals surface area contributed by atoms with Crippen molar-refractivity contribution in [1.29, 1.82) is 0 Å². The molecule has 3 rings (SSSR count). The number of carbonyl (C=O) groups is 1. The lowest BCUT2D eigenvalue weighted by molar-refractivity contribution is -0.116. The molecule has 0 fully saturated rings. The van der Waals surface area contributed by atoms with Crippen molar-refractivity contribution in [3.8, 4) is 0 Å². The summed E-state index contributed by atoms with van der Waals surface area (Å²) in [5.74, 6) is -0.319. The number of hydrazine groups is 1. The molecule has 23 heavy (non-hydrogen) atoms. The van der Waals surface area contributed by atoms with Crippen molar-refractivity contribution in [1.82, 2.24) is 10.9 Å². The number of amidine groups is 1.